The van der Waals surface area contributed by atoms with Gasteiger partial charge in [-0.3, -0.25) is 9.36 Å². The SMILES string of the molecule is C=C/C=C(\S)CCn1c(-c2cccc(F)c2O)nc(C)c(CCC)c1=O. The molecule has 1 heterocycles. The van der Waals surface area contributed by atoms with Crippen LogP contribution in [0.25, 0.3) is 11.4 Å². The Hall–Kier alpha value is -2.34. The molecule has 1 aromatic heterocycles. The van der Waals surface area contributed by atoms with Crippen LogP contribution in [-0.2, 0) is 13.0 Å². The Bertz CT molecular complexity index is 903. The first-order valence-electron chi connectivity index (χ1n) is 8.49. The van der Waals surface area contributed by atoms with Gasteiger partial charge in [-0.25, -0.2) is 9.37 Å². The molecule has 1 aromatic carbocycles. The van der Waals surface area contributed by atoms with Crippen molar-refractivity contribution >= 4 is 12.6 Å². The first kappa shape index (κ1) is 20.0. The van der Waals surface area contributed by atoms with E-state index in [0.717, 1.165) is 17.4 Å². The minimum absolute atomic E-state index is 0.169. The van der Waals surface area contributed by atoms with Gasteiger partial charge < -0.3 is 5.11 Å². The van der Waals surface area contributed by atoms with E-state index in [1.54, 1.807) is 25.1 Å². The molecule has 26 heavy (non-hydrogen) atoms. The van der Waals surface area contributed by atoms with E-state index in [0.29, 0.717) is 30.6 Å². The molecule has 0 saturated carbocycles. The minimum Gasteiger partial charge on any atom is -0.504 e. The number of hydrogen-bond acceptors (Lipinski definition) is 4. The lowest BCUT2D eigenvalue weighted by molar-refractivity contribution is 0.433. The Labute approximate surface area is 158 Å². The van der Waals surface area contributed by atoms with Gasteiger partial charge in [0.1, 0.15) is 5.82 Å². The maximum Gasteiger partial charge on any atom is 0.257 e. The Morgan fingerprint density at radius 2 is 2.19 bits per heavy atom. The van der Waals surface area contributed by atoms with Crippen LogP contribution in [0, 0.1) is 12.7 Å². The molecule has 0 aliphatic heterocycles. The average Bonchev–Trinajstić information content (AvgIpc) is 2.60. The Morgan fingerprint density at radius 1 is 1.46 bits per heavy atom. The van der Waals surface area contributed by atoms with Crippen LogP contribution in [0.5, 0.6) is 5.75 Å². The monoisotopic (exact) mass is 374 g/mol. The van der Waals surface area contributed by atoms with Crippen LogP contribution in [0.2, 0.25) is 0 Å². The molecule has 0 aliphatic rings. The molecule has 0 amide bonds. The van der Waals surface area contributed by atoms with Crippen LogP contribution in [0.3, 0.4) is 0 Å². The van der Waals surface area contributed by atoms with Gasteiger partial charge in [-0.05, 0) is 36.8 Å². The number of aromatic hydroxyl groups is 1. The molecule has 0 aliphatic carbocycles. The second-order valence-electron chi connectivity index (χ2n) is 5.99. The van der Waals surface area contributed by atoms with Gasteiger partial charge in [0.2, 0.25) is 0 Å². The van der Waals surface area contributed by atoms with Crippen molar-refractivity contribution in [2.45, 2.75) is 39.7 Å². The van der Waals surface area contributed by atoms with Crippen molar-refractivity contribution in [1.82, 2.24) is 9.55 Å². The lowest BCUT2D eigenvalue weighted by Gasteiger charge is -2.17. The molecule has 0 atom stereocenters. The molecule has 0 fully saturated rings. The van der Waals surface area contributed by atoms with E-state index in [2.05, 4.69) is 24.2 Å². The fourth-order valence-electron chi connectivity index (χ4n) is 2.79. The van der Waals surface area contributed by atoms with Crippen molar-refractivity contribution in [2.24, 2.45) is 0 Å². The number of thiol groups is 1. The molecule has 2 rings (SSSR count). The highest BCUT2D eigenvalue weighted by Gasteiger charge is 2.19. The number of rotatable bonds is 7. The molecule has 138 valence electrons. The number of benzene rings is 1. The average molecular weight is 374 g/mol. The topological polar surface area (TPSA) is 55.1 Å². The highest BCUT2D eigenvalue weighted by Crippen LogP contribution is 2.30. The molecule has 0 saturated heterocycles. The summed E-state index contributed by atoms with van der Waals surface area (Å²) in [5.41, 5.74) is 1.26. The van der Waals surface area contributed by atoms with Crippen LogP contribution >= 0.6 is 12.6 Å². The fourth-order valence-corrected chi connectivity index (χ4v) is 3.00. The number of phenols is 1. The van der Waals surface area contributed by atoms with E-state index < -0.39 is 11.6 Å². The number of aryl methyl sites for hydroxylation is 1. The highest BCUT2D eigenvalue weighted by molar-refractivity contribution is 7.84. The summed E-state index contributed by atoms with van der Waals surface area (Å²) in [4.78, 5) is 18.3. The molecule has 0 bridgehead atoms. The van der Waals surface area contributed by atoms with Gasteiger partial charge in [-0.15, -0.1) is 12.6 Å². The number of nitrogens with zero attached hydrogens (tertiary/aromatic N) is 2. The molecule has 2 aromatic rings. The van der Waals surface area contributed by atoms with Crippen molar-refractivity contribution in [3.05, 3.63) is 69.3 Å². The van der Waals surface area contributed by atoms with Crippen LogP contribution in [-0.4, -0.2) is 14.7 Å². The molecule has 4 nitrogen and oxygen atoms in total. The second kappa shape index (κ2) is 8.85. The summed E-state index contributed by atoms with van der Waals surface area (Å²) < 4.78 is 15.3. The number of hydrogen-bond donors (Lipinski definition) is 2. The first-order chi connectivity index (χ1) is 12.4. The van der Waals surface area contributed by atoms with E-state index in [-0.39, 0.29) is 16.9 Å². The summed E-state index contributed by atoms with van der Waals surface area (Å²) in [6, 6.07) is 4.20. The van der Waals surface area contributed by atoms with E-state index in [1.165, 1.54) is 10.6 Å². The second-order valence-corrected chi connectivity index (χ2v) is 6.56. The van der Waals surface area contributed by atoms with Gasteiger partial charge in [-0.1, -0.05) is 38.1 Å². The maximum atomic E-state index is 13.8. The summed E-state index contributed by atoms with van der Waals surface area (Å²) in [6.07, 6.45) is 5.30. The van der Waals surface area contributed by atoms with Crippen LogP contribution in [0.15, 0.2) is 46.6 Å². The fraction of sp³-hybridized carbons (Fsp3) is 0.300. The number of halogens is 1. The summed E-state index contributed by atoms with van der Waals surface area (Å²) in [6.45, 7) is 7.70. The Morgan fingerprint density at radius 3 is 2.85 bits per heavy atom. The van der Waals surface area contributed by atoms with E-state index in [1.807, 2.05) is 6.92 Å². The zero-order chi connectivity index (χ0) is 19.3. The maximum absolute atomic E-state index is 13.8. The van der Waals surface area contributed by atoms with E-state index >= 15 is 0 Å². The normalized spacial score (nSPS) is 11.6. The van der Waals surface area contributed by atoms with Crippen LogP contribution in [0.1, 0.15) is 31.0 Å². The molecule has 0 unspecified atom stereocenters. The molecule has 0 radical (unpaired) electrons. The van der Waals surface area contributed by atoms with Crippen molar-refractivity contribution in [1.29, 1.82) is 0 Å². The van der Waals surface area contributed by atoms with Crippen molar-refractivity contribution in [3.8, 4) is 17.1 Å². The first-order valence-corrected chi connectivity index (χ1v) is 8.94. The van der Waals surface area contributed by atoms with Crippen molar-refractivity contribution in [3.63, 3.8) is 0 Å². The third-order valence-electron chi connectivity index (χ3n) is 4.10. The van der Waals surface area contributed by atoms with E-state index in [4.69, 9.17) is 0 Å². The summed E-state index contributed by atoms with van der Waals surface area (Å²) in [5.74, 6) is -1.01. The lowest BCUT2D eigenvalue weighted by atomic mass is 10.1. The zero-order valence-electron chi connectivity index (χ0n) is 15.0. The summed E-state index contributed by atoms with van der Waals surface area (Å²) >= 11 is 4.37. The van der Waals surface area contributed by atoms with Crippen LogP contribution < -0.4 is 5.56 Å². The molecular weight excluding hydrogens is 351 g/mol. The van der Waals surface area contributed by atoms with Crippen molar-refractivity contribution < 1.29 is 9.50 Å². The van der Waals surface area contributed by atoms with Crippen molar-refractivity contribution in [2.75, 3.05) is 0 Å². The summed E-state index contributed by atoms with van der Waals surface area (Å²) in [5, 5.41) is 10.1. The van der Waals surface area contributed by atoms with E-state index in [9.17, 15) is 14.3 Å². The molecule has 1 N–H and O–H groups in total. The predicted octanol–water partition coefficient (Wildman–Crippen LogP) is 4.41. The van der Waals surface area contributed by atoms with Gasteiger partial charge in [0.05, 0.1) is 5.56 Å². The molecule has 6 heteroatoms. The quantitative estimate of drug-likeness (QED) is 0.558. The smallest absolute Gasteiger partial charge is 0.257 e. The largest absolute Gasteiger partial charge is 0.504 e. The number of para-hydroxylation sites is 1. The van der Waals surface area contributed by atoms with Gasteiger partial charge >= 0.3 is 0 Å². The van der Waals surface area contributed by atoms with Crippen LogP contribution in [0.4, 0.5) is 4.39 Å². The lowest BCUT2D eigenvalue weighted by Crippen LogP contribution is -2.28. The Kier molecular flexibility index (Phi) is 6.80. The third kappa shape index (κ3) is 4.25. The number of aromatic nitrogens is 2. The van der Waals surface area contributed by atoms with Gasteiger partial charge in [0.25, 0.3) is 5.56 Å². The number of allylic oxidation sites excluding steroid dienone is 3. The number of phenolic OH excluding ortho intramolecular Hbond substituents is 1. The van der Waals surface area contributed by atoms with Gasteiger partial charge in [-0.2, -0.15) is 0 Å². The predicted molar refractivity (Wildman–Crippen MR) is 106 cm³/mol. The summed E-state index contributed by atoms with van der Waals surface area (Å²) in [7, 11) is 0. The zero-order valence-corrected chi connectivity index (χ0v) is 15.9. The highest BCUT2D eigenvalue weighted by atomic mass is 32.1. The molecule has 0 spiro atoms. The third-order valence-corrected chi connectivity index (χ3v) is 4.47. The standard InChI is InChI=1S/C20H23FN2O2S/c1-4-7-14(26)11-12-23-19(16-9-6-10-17(21)18(16)24)22-13(3)15(8-5-2)20(23)25/h4,6-7,9-10,24,26H,1,5,8,11-12H2,2-3H3/b14-7-. The molecular formula is C20H23FN2O2S. The van der Waals surface area contributed by atoms with Gasteiger partial charge in [0.15, 0.2) is 11.6 Å². The minimum atomic E-state index is -0.750. The van der Waals surface area contributed by atoms with Gasteiger partial charge in [0, 0.05) is 17.8 Å². The Balaban J connectivity index is 2.66.